The Balaban J connectivity index is 1.67. The Morgan fingerprint density at radius 2 is 1.82 bits per heavy atom. The predicted octanol–water partition coefficient (Wildman–Crippen LogP) is 1.70. The van der Waals surface area contributed by atoms with Crippen molar-refractivity contribution >= 4 is 32.5 Å². The lowest BCUT2D eigenvalue weighted by Crippen LogP contribution is -2.44. The second-order valence-electron chi connectivity index (χ2n) is 7.90. The van der Waals surface area contributed by atoms with Gasteiger partial charge in [0.1, 0.15) is 6.54 Å². The number of rotatable bonds is 6. The van der Waals surface area contributed by atoms with Crippen molar-refractivity contribution in [1.29, 1.82) is 0 Å². The average Bonchev–Trinajstić information content (AvgIpc) is 2.81. The number of amides is 1. The molecule has 0 fully saturated rings. The molecule has 2 aromatic carbocycles. The number of carbonyl (C=O) groups is 1. The van der Waals surface area contributed by atoms with E-state index < -0.39 is 33.7 Å². The third kappa shape index (κ3) is 4.11. The lowest BCUT2D eigenvalue weighted by molar-refractivity contribution is -0.119. The maximum absolute atomic E-state index is 13.1. The van der Waals surface area contributed by atoms with E-state index in [1.165, 1.54) is 15.3 Å². The van der Waals surface area contributed by atoms with Gasteiger partial charge in [0, 0.05) is 25.3 Å². The van der Waals surface area contributed by atoms with Gasteiger partial charge in [0.2, 0.25) is 15.9 Å². The van der Waals surface area contributed by atoms with Crippen LogP contribution in [0.2, 0.25) is 0 Å². The number of nitrogens with one attached hydrogen (secondary N) is 1. The fourth-order valence-corrected chi connectivity index (χ4v) is 5.78. The van der Waals surface area contributed by atoms with Crippen LogP contribution in [0.25, 0.3) is 10.9 Å². The van der Waals surface area contributed by atoms with Gasteiger partial charge in [0.05, 0.1) is 15.8 Å². The summed E-state index contributed by atoms with van der Waals surface area (Å²) in [5, 5.41) is 0.329. The van der Waals surface area contributed by atoms with Crippen LogP contribution in [-0.4, -0.2) is 47.8 Å². The molecule has 0 saturated heterocycles. The van der Waals surface area contributed by atoms with Gasteiger partial charge >= 0.3 is 5.69 Å². The van der Waals surface area contributed by atoms with Gasteiger partial charge in [-0.2, -0.15) is 4.31 Å². The molecule has 174 valence electrons. The zero-order valence-corrected chi connectivity index (χ0v) is 19.4. The maximum atomic E-state index is 13.1. The zero-order valence-electron chi connectivity index (χ0n) is 18.6. The Kier molecular flexibility index (Phi) is 6.22. The molecule has 0 spiro atoms. The highest BCUT2D eigenvalue weighted by Crippen LogP contribution is 2.30. The van der Waals surface area contributed by atoms with Crippen molar-refractivity contribution in [2.45, 2.75) is 38.1 Å². The SMILES string of the molecule is CCN(CC)S(=O)(=O)c1ccc2c(c1)CCCN2C(=O)Cn1c(=O)[nH]c2ccccc2c1=O. The van der Waals surface area contributed by atoms with Crippen molar-refractivity contribution in [2.24, 2.45) is 0 Å². The summed E-state index contributed by atoms with van der Waals surface area (Å²) in [5.74, 6) is -0.404. The van der Waals surface area contributed by atoms with Crippen LogP contribution in [0.5, 0.6) is 0 Å². The molecule has 1 N–H and O–H groups in total. The molecule has 0 unspecified atom stereocenters. The molecule has 0 radical (unpaired) electrons. The first-order valence-corrected chi connectivity index (χ1v) is 12.4. The van der Waals surface area contributed by atoms with Crippen molar-refractivity contribution in [1.82, 2.24) is 13.9 Å². The number of benzene rings is 2. The Labute approximate surface area is 191 Å². The van der Waals surface area contributed by atoms with E-state index in [9.17, 15) is 22.8 Å². The summed E-state index contributed by atoms with van der Waals surface area (Å²) >= 11 is 0. The summed E-state index contributed by atoms with van der Waals surface area (Å²) in [7, 11) is -3.61. The number of para-hydroxylation sites is 1. The molecule has 0 atom stereocenters. The number of aromatic amines is 1. The molecule has 2 heterocycles. The minimum atomic E-state index is -3.61. The fraction of sp³-hybridized carbons (Fsp3) is 0.348. The number of aryl methyl sites for hydroxylation is 1. The summed E-state index contributed by atoms with van der Waals surface area (Å²) in [6.07, 6.45) is 1.29. The number of carbonyl (C=O) groups excluding carboxylic acids is 1. The second-order valence-corrected chi connectivity index (χ2v) is 9.83. The van der Waals surface area contributed by atoms with E-state index in [-0.39, 0.29) is 4.90 Å². The first-order valence-electron chi connectivity index (χ1n) is 10.9. The van der Waals surface area contributed by atoms with Crippen molar-refractivity contribution in [3.05, 3.63) is 68.9 Å². The Bertz CT molecular complexity index is 1440. The number of sulfonamides is 1. The second kappa shape index (κ2) is 8.95. The molecule has 33 heavy (non-hydrogen) atoms. The van der Waals surface area contributed by atoms with Crippen LogP contribution in [0.1, 0.15) is 25.8 Å². The molecule has 10 heteroatoms. The molecule has 0 aliphatic carbocycles. The number of aromatic nitrogens is 2. The number of fused-ring (bicyclic) bond motifs is 2. The monoisotopic (exact) mass is 470 g/mol. The molecule has 0 saturated carbocycles. The quantitative estimate of drug-likeness (QED) is 0.589. The molecule has 3 aromatic rings. The van der Waals surface area contributed by atoms with Crippen LogP contribution in [0.15, 0.2) is 56.9 Å². The highest BCUT2D eigenvalue weighted by molar-refractivity contribution is 7.89. The molecular weight excluding hydrogens is 444 g/mol. The van der Waals surface area contributed by atoms with Gasteiger partial charge in [-0.3, -0.25) is 14.2 Å². The van der Waals surface area contributed by atoms with E-state index in [2.05, 4.69) is 4.98 Å². The molecule has 4 rings (SSSR count). The third-order valence-electron chi connectivity index (χ3n) is 6.00. The van der Waals surface area contributed by atoms with Crippen molar-refractivity contribution in [3.8, 4) is 0 Å². The zero-order chi connectivity index (χ0) is 23.8. The minimum absolute atomic E-state index is 0.196. The van der Waals surface area contributed by atoms with E-state index in [0.29, 0.717) is 49.1 Å². The maximum Gasteiger partial charge on any atom is 0.329 e. The number of hydrogen-bond acceptors (Lipinski definition) is 5. The van der Waals surface area contributed by atoms with Gasteiger partial charge in [0.15, 0.2) is 0 Å². The molecule has 1 aromatic heterocycles. The predicted molar refractivity (Wildman–Crippen MR) is 126 cm³/mol. The van der Waals surface area contributed by atoms with Gasteiger partial charge in [-0.15, -0.1) is 0 Å². The van der Waals surface area contributed by atoms with E-state index >= 15 is 0 Å². The average molecular weight is 471 g/mol. The normalized spacial score (nSPS) is 14.0. The summed E-state index contributed by atoms with van der Waals surface area (Å²) in [4.78, 5) is 42.7. The van der Waals surface area contributed by atoms with E-state index in [4.69, 9.17) is 0 Å². The van der Waals surface area contributed by atoms with Gasteiger partial charge in [0.25, 0.3) is 5.56 Å². The van der Waals surface area contributed by atoms with Gasteiger partial charge in [-0.05, 0) is 48.7 Å². The number of anilines is 1. The number of H-pyrrole nitrogens is 1. The first kappa shape index (κ1) is 22.9. The molecular formula is C23H26N4O5S. The van der Waals surface area contributed by atoms with Crippen molar-refractivity contribution in [2.75, 3.05) is 24.5 Å². The Hall–Kier alpha value is -3.24. The van der Waals surface area contributed by atoms with Crippen LogP contribution in [0, 0.1) is 0 Å². The van der Waals surface area contributed by atoms with E-state index in [0.717, 1.165) is 10.1 Å². The van der Waals surface area contributed by atoms with Gasteiger partial charge in [-0.1, -0.05) is 26.0 Å². The lowest BCUT2D eigenvalue weighted by atomic mass is 10.0. The minimum Gasteiger partial charge on any atom is -0.311 e. The first-order chi connectivity index (χ1) is 15.8. The fourth-order valence-electron chi connectivity index (χ4n) is 4.27. The standard InChI is InChI=1S/C23H26N4O5S/c1-3-25(4-2)33(31,32)17-11-12-20-16(14-17)8-7-13-26(20)21(28)15-27-22(29)18-9-5-6-10-19(18)24-23(27)30/h5-6,9-12,14H,3-4,7-8,13,15H2,1-2H3,(H,24,30). The summed E-state index contributed by atoms with van der Waals surface area (Å²) in [5.41, 5.74) is 0.601. The molecule has 1 aliphatic rings. The number of nitrogens with zero attached hydrogens (tertiary/aromatic N) is 3. The molecule has 9 nitrogen and oxygen atoms in total. The van der Waals surface area contributed by atoms with Gasteiger partial charge in [-0.25, -0.2) is 13.2 Å². The summed E-state index contributed by atoms with van der Waals surface area (Å²) < 4.78 is 28.1. The van der Waals surface area contributed by atoms with Crippen LogP contribution in [-0.2, 0) is 27.8 Å². The van der Waals surface area contributed by atoms with Crippen LogP contribution < -0.4 is 16.1 Å². The van der Waals surface area contributed by atoms with E-state index in [1.54, 1.807) is 50.2 Å². The van der Waals surface area contributed by atoms with Crippen LogP contribution >= 0.6 is 0 Å². The van der Waals surface area contributed by atoms with Crippen LogP contribution in [0.4, 0.5) is 5.69 Å². The molecule has 0 bridgehead atoms. The van der Waals surface area contributed by atoms with Crippen LogP contribution in [0.3, 0.4) is 0 Å². The highest BCUT2D eigenvalue weighted by atomic mass is 32.2. The molecule has 1 aliphatic heterocycles. The van der Waals surface area contributed by atoms with Gasteiger partial charge < -0.3 is 9.88 Å². The lowest BCUT2D eigenvalue weighted by Gasteiger charge is -2.30. The molecule has 1 amide bonds. The number of hydrogen-bond donors (Lipinski definition) is 1. The summed E-state index contributed by atoms with van der Waals surface area (Å²) in [6, 6.07) is 11.4. The third-order valence-corrected chi connectivity index (χ3v) is 8.04. The Morgan fingerprint density at radius 1 is 1.09 bits per heavy atom. The largest absolute Gasteiger partial charge is 0.329 e. The van der Waals surface area contributed by atoms with E-state index in [1.807, 2.05) is 0 Å². The van der Waals surface area contributed by atoms with Crippen molar-refractivity contribution in [3.63, 3.8) is 0 Å². The Morgan fingerprint density at radius 3 is 2.55 bits per heavy atom. The highest BCUT2D eigenvalue weighted by Gasteiger charge is 2.27. The topological polar surface area (TPSA) is 113 Å². The van der Waals surface area contributed by atoms with Crippen molar-refractivity contribution < 1.29 is 13.2 Å². The smallest absolute Gasteiger partial charge is 0.311 e. The summed E-state index contributed by atoms with van der Waals surface area (Å²) in [6.45, 7) is 4.34.